The second-order valence-electron chi connectivity index (χ2n) is 5.78. The van der Waals surface area contributed by atoms with Crippen LogP contribution in [0.3, 0.4) is 0 Å². The second-order valence-corrected chi connectivity index (χ2v) is 5.78. The normalized spacial score (nSPS) is 34.2. The Kier molecular flexibility index (Phi) is 2.25. The van der Waals surface area contributed by atoms with Crippen LogP contribution in [-0.4, -0.2) is 24.0 Å². The molecule has 0 unspecified atom stereocenters. The van der Waals surface area contributed by atoms with Crippen LogP contribution in [0.15, 0.2) is 30.4 Å². The summed E-state index contributed by atoms with van der Waals surface area (Å²) < 4.78 is 5.63. The number of hydrogen-bond acceptors (Lipinski definition) is 3. The highest BCUT2D eigenvalue weighted by Gasteiger charge is 2.60. The molecule has 0 N–H and O–H groups in total. The van der Waals surface area contributed by atoms with Crippen LogP contribution in [0, 0.1) is 25.7 Å². The van der Waals surface area contributed by atoms with E-state index < -0.39 is 0 Å². The van der Waals surface area contributed by atoms with Gasteiger partial charge in [0.2, 0.25) is 11.8 Å². The monoisotopic (exact) mass is 269 g/mol. The fraction of sp³-hybridized carbons (Fsp3) is 0.375. The van der Waals surface area contributed by atoms with Crippen LogP contribution >= 0.6 is 0 Å². The molecule has 2 amide bonds. The van der Waals surface area contributed by atoms with Gasteiger partial charge < -0.3 is 4.74 Å². The molecule has 1 aromatic carbocycles. The van der Waals surface area contributed by atoms with Crippen molar-refractivity contribution < 1.29 is 14.3 Å². The number of anilines is 1. The Morgan fingerprint density at radius 1 is 0.950 bits per heavy atom. The zero-order valence-corrected chi connectivity index (χ0v) is 11.4. The Bertz CT molecular complexity index is 634. The van der Waals surface area contributed by atoms with E-state index in [0.717, 1.165) is 11.1 Å². The number of carbonyl (C=O) groups excluding carboxylic acids is 2. The minimum absolute atomic E-state index is 0.125. The van der Waals surface area contributed by atoms with Crippen molar-refractivity contribution in [3.8, 4) is 0 Å². The number of ether oxygens (including phenoxy) is 1. The summed E-state index contributed by atoms with van der Waals surface area (Å²) in [5.41, 5.74) is 2.91. The SMILES string of the molecule is Cc1ccc(N2C(=O)[C@@H]3[C@H](C2=O)[C@H]2C=C[C@@H]3O2)cc1C. The van der Waals surface area contributed by atoms with Crippen LogP contribution in [0.1, 0.15) is 11.1 Å². The predicted octanol–water partition coefficient (Wildman–Crippen LogP) is 1.75. The summed E-state index contributed by atoms with van der Waals surface area (Å²) >= 11 is 0. The molecule has 2 saturated heterocycles. The highest BCUT2D eigenvalue weighted by Crippen LogP contribution is 2.46. The zero-order chi connectivity index (χ0) is 14.0. The van der Waals surface area contributed by atoms with Crippen LogP contribution in [0.25, 0.3) is 0 Å². The summed E-state index contributed by atoms with van der Waals surface area (Å²) in [4.78, 5) is 26.5. The third-order valence-corrected chi connectivity index (χ3v) is 4.66. The smallest absolute Gasteiger partial charge is 0.240 e. The van der Waals surface area contributed by atoms with E-state index in [1.54, 1.807) is 0 Å². The number of aryl methyl sites for hydroxylation is 2. The summed E-state index contributed by atoms with van der Waals surface area (Å²) in [6.45, 7) is 4.00. The van der Waals surface area contributed by atoms with E-state index in [-0.39, 0.29) is 35.9 Å². The zero-order valence-electron chi connectivity index (χ0n) is 11.4. The van der Waals surface area contributed by atoms with Crippen LogP contribution in [0.2, 0.25) is 0 Å². The molecule has 4 heteroatoms. The third-order valence-electron chi connectivity index (χ3n) is 4.66. The number of amides is 2. The number of benzene rings is 1. The topological polar surface area (TPSA) is 46.6 Å². The van der Waals surface area contributed by atoms with Crippen LogP contribution in [0.4, 0.5) is 5.69 Å². The van der Waals surface area contributed by atoms with Crippen molar-refractivity contribution in [1.82, 2.24) is 0 Å². The Labute approximate surface area is 117 Å². The molecule has 1 aromatic rings. The summed E-state index contributed by atoms with van der Waals surface area (Å²) in [6.07, 6.45) is 3.36. The van der Waals surface area contributed by atoms with Gasteiger partial charge >= 0.3 is 0 Å². The molecule has 2 bridgehead atoms. The molecule has 0 radical (unpaired) electrons. The number of fused-ring (bicyclic) bond motifs is 5. The second kappa shape index (κ2) is 3.79. The first kappa shape index (κ1) is 11.9. The number of rotatable bonds is 1. The first-order valence-corrected chi connectivity index (χ1v) is 6.87. The molecule has 4 nitrogen and oxygen atoms in total. The van der Waals surface area contributed by atoms with Gasteiger partial charge in [-0.2, -0.15) is 0 Å². The minimum Gasteiger partial charge on any atom is -0.365 e. The lowest BCUT2D eigenvalue weighted by atomic mass is 9.85. The largest absolute Gasteiger partial charge is 0.365 e. The van der Waals surface area contributed by atoms with Gasteiger partial charge in [-0.15, -0.1) is 0 Å². The molecule has 102 valence electrons. The Balaban J connectivity index is 1.76. The van der Waals surface area contributed by atoms with Crippen molar-refractivity contribution in [2.75, 3.05) is 4.90 Å². The maximum absolute atomic E-state index is 12.6. The van der Waals surface area contributed by atoms with E-state index in [1.807, 2.05) is 44.2 Å². The fourth-order valence-electron chi connectivity index (χ4n) is 3.42. The van der Waals surface area contributed by atoms with Gasteiger partial charge in [0.1, 0.15) is 0 Å². The van der Waals surface area contributed by atoms with Gasteiger partial charge in [0, 0.05) is 0 Å². The van der Waals surface area contributed by atoms with Crippen molar-refractivity contribution in [3.05, 3.63) is 41.5 Å². The van der Waals surface area contributed by atoms with Crippen molar-refractivity contribution in [2.24, 2.45) is 11.8 Å². The lowest BCUT2D eigenvalue weighted by Crippen LogP contribution is -2.34. The predicted molar refractivity (Wildman–Crippen MR) is 73.2 cm³/mol. The molecular weight excluding hydrogens is 254 g/mol. The van der Waals surface area contributed by atoms with Crippen molar-refractivity contribution >= 4 is 17.5 Å². The molecule has 0 aliphatic carbocycles. The van der Waals surface area contributed by atoms with Crippen molar-refractivity contribution in [2.45, 2.75) is 26.1 Å². The van der Waals surface area contributed by atoms with Gasteiger partial charge in [-0.25, -0.2) is 4.90 Å². The van der Waals surface area contributed by atoms with E-state index in [2.05, 4.69) is 0 Å². The molecule has 4 atom stereocenters. The molecule has 3 heterocycles. The summed E-state index contributed by atoms with van der Waals surface area (Å²) in [5, 5.41) is 0. The van der Waals surface area contributed by atoms with Crippen molar-refractivity contribution in [1.29, 1.82) is 0 Å². The number of hydrogen-bond donors (Lipinski definition) is 0. The molecule has 0 spiro atoms. The minimum atomic E-state index is -0.334. The van der Waals surface area contributed by atoms with E-state index in [1.165, 1.54) is 4.90 Å². The fourth-order valence-corrected chi connectivity index (χ4v) is 3.42. The van der Waals surface area contributed by atoms with Crippen LogP contribution in [0.5, 0.6) is 0 Å². The van der Waals surface area contributed by atoms with Gasteiger partial charge in [-0.3, -0.25) is 9.59 Å². The first-order valence-electron chi connectivity index (χ1n) is 6.87. The number of imide groups is 1. The van der Waals surface area contributed by atoms with Gasteiger partial charge in [0.15, 0.2) is 0 Å². The van der Waals surface area contributed by atoms with Gasteiger partial charge in [0.25, 0.3) is 0 Å². The maximum atomic E-state index is 12.6. The van der Waals surface area contributed by atoms with Crippen molar-refractivity contribution in [3.63, 3.8) is 0 Å². The Hall–Kier alpha value is -1.94. The Morgan fingerprint density at radius 2 is 1.55 bits per heavy atom. The van der Waals surface area contributed by atoms with Gasteiger partial charge in [0.05, 0.1) is 29.7 Å². The average Bonchev–Trinajstić information content (AvgIpc) is 3.08. The lowest BCUT2D eigenvalue weighted by molar-refractivity contribution is -0.124. The third kappa shape index (κ3) is 1.34. The summed E-state index contributed by atoms with van der Waals surface area (Å²) in [5.74, 6) is -0.918. The van der Waals surface area contributed by atoms with Crippen LogP contribution < -0.4 is 4.90 Å². The number of carbonyl (C=O) groups is 2. The van der Waals surface area contributed by atoms with E-state index in [0.29, 0.717) is 5.69 Å². The molecule has 2 fully saturated rings. The molecular formula is C16H15NO3. The van der Waals surface area contributed by atoms with Crippen LogP contribution in [-0.2, 0) is 14.3 Å². The molecule has 4 rings (SSSR count). The molecule has 0 aromatic heterocycles. The summed E-state index contributed by atoms with van der Waals surface area (Å²) in [7, 11) is 0. The number of nitrogens with zero attached hydrogens (tertiary/aromatic N) is 1. The lowest BCUT2D eigenvalue weighted by Gasteiger charge is -2.18. The highest BCUT2D eigenvalue weighted by molar-refractivity contribution is 6.23. The van der Waals surface area contributed by atoms with Gasteiger partial charge in [-0.05, 0) is 37.1 Å². The molecule has 3 aliphatic heterocycles. The highest BCUT2D eigenvalue weighted by atomic mass is 16.5. The maximum Gasteiger partial charge on any atom is 0.240 e. The first-order chi connectivity index (χ1) is 9.58. The molecule has 20 heavy (non-hydrogen) atoms. The van der Waals surface area contributed by atoms with E-state index >= 15 is 0 Å². The van der Waals surface area contributed by atoms with Gasteiger partial charge in [-0.1, -0.05) is 18.2 Å². The molecule has 3 aliphatic rings. The molecule has 0 saturated carbocycles. The Morgan fingerprint density at radius 3 is 2.10 bits per heavy atom. The van der Waals surface area contributed by atoms with E-state index in [4.69, 9.17) is 4.74 Å². The quantitative estimate of drug-likeness (QED) is 0.576. The van der Waals surface area contributed by atoms with E-state index in [9.17, 15) is 9.59 Å². The standard InChI is InChI=1S/C16H15NO3/c1-8-3-4-10(7-9(8)2)17-15(18)13-11-5-6-12(20-11)14(13)16(17)19/h3-7,11-14H,1-2H3/t11-,12+,13-,14+. The average molecular weight is 269 g/mol. The summed E-state index contributed by atoms with van der Waals surface area (Å²) in [6, 6.07) is 5.69.